The molecule has 6 nitrogen and oxygen atoms in total. The van der Waals surface area contributed by atoms with Crippen molar-refractivity contribution in [2.24, 2.45) is 0 Å². The number of ether oxygens (including phenoxy) is 2. The van der Waals surface area contributed by atoms with E-state index in [1.54, 1.807) is 55.6 Å². The second-order valence-electron chi connectivity index (χ2n) is 4.74. The molecule has 0 spiro atoms. The summed E-state index contributed by atoms with van der Waals surface area (Å²) in [6, 6.07) is 13.7. The molecule has 2 rings (SSSR count). The van der Waals surface area contributed by atoms with Gasteiger partial charge in [-0.15, -0.1) is 0 Å². The minimum atomic E-state index is -0.278. The van der Waals surface area contributed by atoms with Gasteiger partial charge >= 0.3 is 0 Å². The summed E-state index contributed by atoms with van der Waals surface area (Å²) in [5.41, 5.74) is 1.63. The molecule has 0 saturated carbocycles. The molecule has 6 heteroatoms. The maximum atomic E-state index is 12.3. The minimum absolute atomic E-state index is 0.0394. The van der Waals surface area contributed by atoms with Gasteiger partial charge < -0.3 is 20.1 Å². The molecule has 0 radical (unpaired) electrons. The maximum absolute atomic E-state index is 12.3. The number of nitrogens with one attached hydrogen (secondary N) is 2. The van der Waals surface area contributed by atoms with Crippen molar-refractivity contribution in [3.63, 3.8) is 0 Å². The molecule has 0 aliphatic carbocycles. The van der Waals surface area contributed by atoms with E-state index < -0.39 is 0 Å². The Bertz CT molecular complexity index is 683. The molecule has 0 heterocycles. The first-order chi connectivity index (χ1) is 11.1. The standard InChI is InChI=1S/C17H18N2O4/c1-22-11-16(20)18-14-5-3-4-12(10-14)17(21)19-13-6-8-15(23-2)9-7-13/h3-10H,11H2,1-2H3,(H,18,20)(H,19,21). The molecule has 0 bridgehead atoms. The van der Waals surface area contributed by atoms with Crippen molar-refractivity contribution in [2.45, 2.75) is 0 Å². The smallest absolute Gasteiger partial charge is 0.255 e. The fourth-order valence-corrected chi connectivity index (χ4v) is 1.94. The van der Waals surface area contributed by atoms with Gasteiger partial charge in [0.25, 0.3) is 5.91 Å². The molecule has 2 aromatic carbocycles. The average molecular weight is 314 g/mol. The molecule has 0 atom stereocenters. The van der Waals surface area contributed by atoms with Crippen LogP contribution in [0.5, 0.6) is 5.75 Å². The molecule has 0 aliphatic rings. The molecule has 0 aromatic heterocycles. The summed E-state index contributed by atoms with van der Waals surface area (Å²) in [7, 11) is 3.02. The van der Waals surface area contributed by atoms with E-state index in [4.69, 9.17) is 9.47 Å². The summed E-state index contributed by atoms with van der Waals surface area (Å²) in [6.45, 7) is -0.0394. The van der Waals surface area contributed by atoms with Crippen LogP contribution in [0.2, 0.25) is 0 Å². The van der Waals surface area contributed by atoms with E-state index in [1.165, 1.54) is 7.11 Å². The summed E-state index contributed by atoms with van der Waals surface area (Å²) in [5, 5.41) is 5.44. The predicted molar refractivity (Wildman–Crippen MR) is 87.9 cm³/mol. The number of amides is 2. The third kappa shape index (κ3) is 4.82. The van der Waals surface area contributed by atoms with E-state index in [0.29, 0.717) is 22.7 Å². The van der Waals surface area contributed by atoms with E-state index in [9.17, 15) is 9.59 Å². The molecular formula is C17H18N2O4. The van der Waals surface area contributed by atoms with Crippen molar-refractivity contribution >= 4 is 23.2 Å². The maximum Gasteiger partial charge on any atom is 0.255 e. The SMILES string of the molecule is COCC(=O)Nc1cccc(C(=O)Nc2ccc(OC)cc2)c1. The van der Waals surface area contributed by atoms with E-state index in [1.807, 2.05) is 0 Å². The van der Waals surface area contributed by atoms with E-state index in [2.05, 4.69) is 10.6 Å². The predicted octanol–water partition coefficient (Wildman–Crippen LogP) is 2.53. The number of benzene rings is 2. The van der Waals surface area contributed by atoms with Crippen LogP contribution in [0.15, 0.2) is 48.5 Å². The van der Waals surface area contributed by atoms with Crippen LogP contribution in [0.3, 0.4) is 0 Å². The van der Waals surface area contributed by atoms with E-state index in [0.717, 1.165) is 0 Å². The molecule has 0 aliphatic heterocycles. The molecular weight excluding hydrogens is 296 g/mol. The molecule has 2 N–H and O–H groups in total. The second kappa shape index (κ2) is 7.95. The van der Waals surface area contributed by atoms with Crippen molar-refractivity contribution in [1.29, 1.82) is 0 Å². The normalized spacial score (nSPS) is 10.0. The highest BCUT2D eigenvalue weighted by Crippen LogP contribution is 2.17. The largest absolute Gasteiger partial charge is 0.497 e. The van der Waals surface area contributed by atoms with Gasteiger partial charge in [0.1, 0.15) is 12.4 Å². The zero-order chi connectivity index (χ0) is 16.7. The number of hydrogen-bond donors (Lipinski definition) is 2. The van der Waals surface area contributed by atoms with Crippen LogP contribution >= 0.6 is 0 Å². The minimum Gasteiger partial charge on any atom is -0.497 e. The van der Waals surface area contributed by atoms with Gasteiger partial charge in [0.2, 0.25) is 5.91 Å². The van der Waals surface area contributed by atoms with Crippen LogP contribution in [0.1, 0.15) is 10.4 Å². The Balaban J connectivity index is 2.05. The van der Waals surface area contributed by atoms with Crippen LogP contribution in [0.4, 0.5) is 11.4 Å². The van der Waals surface area contributed by atoms with Crippen LogP contribution in [-0.2, 0) is 9.53 Å². The number of methoxy groups -OCH3 is 2. The number of anilines is 2. The van der Waals surface area contributed by atoms with Gasteiger partial charge in [0, 0.05) is 24.0 Å². The fourth-order valence-electron chi connectivity index (χ4n) is 1.94. The quantitative estimate of drug-likeness (QED) is 0.859. The summed E-state index contributed by atoms with van der Waals surface area (Å²) < 4.78 is 9.82. The molecule has 0 saturated heterocycles. The van der Waals surface area contributed by atoms with E-state index in [-0.39, 0.29) is 18.4 Å². The molecule has 2 aromatic rings. The Morgan fingerprint density at radius 3 is 2.35 bits per heavy atom. The Morgan fingerprint density at radius 2 is 1.70 bits per heavy atom. The van der Waals surface area contributed by atoms with Gasteiger partial charge in [0.15, 0.2) is 0 Å². The number of carbonyl (C=O) groups excluding carboxylic acids is 2. The highest BCUT2D eigenvalue weighted by Gasteiger charge is 2.08. The Labute approximate surface area is 134 Å². The van der Waals surface area contributed by atoms with Crippen molar-refractivity contribution in [3.05, 3.63) is 54.1 Å². The lowest BCUT2D eigenvalue weighted by Gasteiger charge is -2.08. The van der Waals surface area contributed by atoms with Gasteiger partial charge in [-0.3, -0.25) is 9.59 Å². The lowest BCUT2D eigenvalue weighted by Crippen LogP contribution is -2.18. The first-order valence-electron chi connectivity index (χ1n) is 6.96. The van der Waals surface area contributed by atoms with Gasteiger partial charge in [-0.1, -0.05) is 6.07 Å². The summed E-state index contributed by atoms with van der Waals surface area (Å²) in [6.07, 6.45) is 0. The average Bonchev–Trinajstić information content (AvgIpc) is 2.56. The summed E-state index contributed by atoms with van der Waals surface area (Å²) in [5.74, 6) is 0.170. The first kappa shape index (κ1) is 16.5. The molecule has 0 unspecified atom stereocenters. The third-order valence-corrected chi connectivity index (χ3v) is 3.03. The fraction of sp³-hybridized carbons (Fsp3) is 0.176. The Kier molecular flexibility index (Phi) is 5.71. The summed E-state index contributed by atoms with van der Waals surface area (Å²) >= 11 is 0. The van der Waals surface area contributed by atoms with Crippen molar-refractivity contribution in [1.82, 2.24) is 0 Å². The van der Waals surface area contributed by atoms with Gasteiger partial charge in [0.05, 0.1) is 7.11 Å². The lowest BCUT2D eigenvalue weighted by atomic mass is 10.2. The van der Waals surface area contributed by atoms with Crippen molar-refractivity contribution in [2.75, 3.05) is 31.5 Å². The molecule has 23 heavy (non-hydrogen) atoms. The molecule has 120 valence electrons. The van der Waals surface area contributed by atoms with Crippen molar-refractivity contribution in [3.8, 4) is 5.75 Å². The van der Waals surface area contributed by atoms with Crippen molar-refractivity contribution < 1.29 is 19.1 Å². The zero-order valence-electron chi connectivity index (χ0n) is 13.0. The monoisotopic (exact) mass is 314 g/mol. The molecule has 0 fully saturated rings. The number of rotatable bonds is 6. The van der Waals surface area contributed by atoms with Gasteiger partial charge in [-0.05, 0) is 42.5 Å². The van der Waals surface area contributed by atoms with E-state index >= 15 is 0 Å². The van der Waals surface area contributed by atoms with Crippen LogP contribution in [-0.4, -0.2) is 32.6 Å². The number of carbonyl (C=O) groups is 2. The highest BCUT2D eigenvalue weighted by atomic mass is 16.5. The topological polar surface area (TPSA) is 76.7 Å². The zero-order valence-corrected chi connectivity index (χ0v) is 13.0. The Morgan fingerprint density at radius 1 is 0.957 bits per heavy atom. The summed E-state index contributed by atoms with van der Waals surface area (Å²) in [4.78, 5) is 23.7. The number of hydrogen-bond acceptors (Lipinski definition) is 4. The van der Waals surface area contributed by atoms with Crippen LogP contribution < -0.4 is 15.4 Å². The van der Waals surface area contributed by atoms with Gasteiger partial charge in [-0.25, -0.2) is 0 Å². The lowest BCUT2D eigenvalue weighted by molar-refractivity contribution is -0.119. The second-order valence-corrected chi connectivity index (χ2v) is 4.74. The third-order valence-electron chi connectivity index (χ3n) is 3.03. The Hall–Kier alpha value is -2.86. The first-order valence-corrected chi connectivity index (χ1v) is 6.96. The highest BCUT2D eigenvalue weighted by molar-refractivity contribution is 6.05. The van der Waals surface area contributed by atoms with Crippen LogP contribution in [0.25, 0.3) is 0 Å². The molecule has 2 amide bonds. The van der Waals surface area contributed by atoms with Gasteiger partial charge in [-0.2, -0.15) is 0 Å². The van der Waals surface area contributed by atoms with Crippen LogP contribution in [0, 0.1) is 0 Å².